The molecule has 4 nitrogen and oxygen atoms in total. The Hall–Kier alpha value is -0.910. The molecule has 1 heterocycles. The van der Waals surface area contributed by atoms with Gasteiger partial charge >= 0.3 is 0 Å². The van der Waals surface area contributed by atoms with Gasteiger partial charge in [-0.05, 0) is 25.0 Å². The average molecular weight is 301 g/mol. The monoisotopic (exact) mass is 300 g/mol. The molecule has 0 atom stereocenters. The number of hydrogen-bond donors (Lipinski definition) is 0. The molecular formula is C13H17ClN2O2S. The van der Waals surface area contributed by atoms with E-state index in [1.54, 1.807) is 12.1 Å². The van der Waals surface area contributed by atoms with Crippen LogP contribution in [0.1, 0.15) is 25.7 Å². The van der Waals surface area contributed by atoms with E-state index in [4.69, 9.17) is 11.6 Å². The van der Waals surface area contributed by atoms with E-state index in [2.05, 4.69) is 11.6 Å². The van der Waals surface area contributed by atoms with Crippen LogP contribution in [0.2, 0.25) is 5.15 Å². The highest BCUT2D eigenvalue weighted by Gasteiger charge is 2.33. The molecule has 2 rings (SSSR count). The third-order valence-corrected chi connectivity index (χ3v) is 5.72. The fraction of sp³-hybridized carbons (Fsp3) is 0.462. The Morgan fingerprint density at radius 2 is 2.16 bits per heavy atom. The third kappa shape index (κ3) is 2.99. The highest BCUT2D eigenvalue weighted by molar-refractivity contribution is 7.89. The number of nitrogens with zero attached hydrogens (tertiary/aromatic N) is 2. The zero-order chi connectivity index (χ0) is 13.9. The third-order valence-electron chi connectivity index (χ3n) is 3.35. The molecule has 0 spiro atoms. The van der Waals surface area contributed by atoms with Gasteiger partial charge in [0.05, 0.1) is 0 Å². The summed E-state index contributed by atoms with van der Waals surface area (Å²) in [5, 5.41) is 0.0227. The molecule has 1 fully saturated rings. The molecule has 0 aromatic carbocycles. The van der Waals surface area contributed by atoms with Crippen LogP contribution in [0.5, 0.6) is 0 Å². The van der Waals surface area contributed by atoms with Crippen LogP contribution in [-0.2, 0) is 10.0 Å². The normalized spacial score (nSPS) is 16.9. The molecular weight excluding hydrogens is 284 g/mol. The van der Waals surface area contributed by atoms with Crippen molar-refractivity contribution in [2.24, 2.45) is 0 Å². The number of hydrogen-bond acceptors (Lipinski definition) is 3. The predicted molar refractivity (Wildman–Crippen MR) is 75.6 cm³/mol. The minimum atomic E-state index is -3.61. The maximum atomic E-state index is 12.7. The van der Waals surface area contributed by atoms with E-state index in [-0.39, 0.29) is 16.1 Å². The molecule has 1 aromatic rings. The van der Waals surface area contributed by atoms with Crippen LogP contribution in [0, 0.1) is 0 Å². The molecule has 0 N–H and O–H groups in total. The largest absolute Gasteiger partial charge is 0.246 e. The molecule has 0 radical (unpaired) electrons. The molecule has 1 aromatic heterocycles. The zero-order valence-electron chi connectivity index (χ0n) is 10.6. The van der Waals surface area contributed by atoms with Crippen molar-refractivity contribution in [3.05, 3.63) is 36.1 Å². The highest BCUT2D eigenvalue weighted by Crippen LogP contribution is 2.30. The summed E-state index contributed by atoms with van der Waals surface area (Å²) in [5.41, 5.74) is 0. The lowest BCUT2D eigenvalue weighted by molar-refractivity contribution is 0.347. The zero-order valence-corrected chi connectivity index (χ0v) is 12.2. The Balaban J connectivity index is 2.39. The molecule has 1 saturated carbocycles. The summed E-state index contributed by atoms with van der Waals surface area (Å²) in [6, 6.07) is 3.12. The summed E-state index contributed by atoms with van der Waals surface area (Å²) in [6.07, 6.45) is 7.01. The van der Waals surface area contributed by atoms with Gasteiger partial charge in [0.2, 0.25) is 10.0 Å². The Kier molecular flexibility index (Phi) is 4.60. The smallest absolute Gasteiger partial charge is 0.243 e. The van der Waals surface area contributed by atoms with Crippen molar-refractivity contribution in [1.29, 1.82) is 0 Å². The minimum Gasteiger partial charge on any atom is -0.243 e. The van der Waals surface area contributed by atoms with Crippen molar-refractivity contribution in [3.8, 4) is 0 Å². The summed E-state index contributed by atoms with van der Waals surface area (Å²) in [5.74, 6) is 0. The van der Waals surface area contributed by atoms with Gasteiger partial charge in [-0.1, -0.05) is 30.5 Å². The first kappa shape index (κ1) is 14.5. The molecule has 104 valence electrons. The number of pyridine rings is 1. The summed E-state index contributed by atoms with van der Waals surface area (Å²) in [4.78, 5) is 3.92. The molecule has 0 amide bonds. The lowest BCUT2D eigenvalue weighted by atomic mass is 10.2. The second-order valence-corrected chi connectivity index (χ2v) is 6.81. The summed E-state index contributed by atoms with van der Waals surface area (Å²) < 4.78 is 26.9. The first-order valence-corrected chi connectivity index (χ1v) is 8.12. The van der Waals surface area contributed by atoms with Crippen molar-refractivity contribution in [2.75, 3.05) is 6.54 Å². The van der Waals surface area contributed by atoms with Gasteiger partial charge in [0, 0.05) is 18.8 Å². The van der Waals surface area contributed by atoms with Gasteiger partial charge < -0.3 is 0 Å². The average Bonchev–Trinajstić information content (AvgIpc) is 2.89. The Morgan fingerprint density at radius 1 is 1.47 bits per heavy atom. The van der Waals surface area contributed by atoms with E-state index >= 15 is 0 Å². The maximum absolute atomic E-state index is 12.7. The van der Waals surface area contributed by atoms with Crippen LogP contribution in [0.4, 0.5) is 0 Å². The number of sulfonamides is 1. The van der Waals surface area contributed by atoms with E-state index in [9.17, 15) is 8.42 Å². The van der Waals surface area contributed by atoms with Gasteiger partial charge in [-0.3, -0.25) is 0 Å². The van der Waals surface area contributed by atoms with E-state index in [1.807, 2.05) is 0 Å². The summed E-state index contributed by atoms with van der Waals surface area (Å²) in [6.45, 7) is 3.95. The molecule has 19 heavy (non-hydrogen) atoms. The Morgan fingerprint density at radius 3 is 2.74 bits per heavy atom. The Bertz CT molecular complexity index is 554. The van der Waals surface area contributed by atoms with Crippen molar-refractivity contribution < 1.29 is 8.42 Å². The van der Waals surface area contributed by atoms with Crippen molar-refractivity contribution in [2.45, 2.75) is 36.6 Å². The maximum Gasteiger partial charge on any atom is 0.246 e. The summed E-state index contributed by atoms with van der Waals surface area (Å²) >= 11 is 5.92. The second kappa shape index (κ2) is 6.03. The first-order chi connectivity index (χ1) is 9.07. The lowest BCUT2D eigenvalue weighted by Gasteiger charge is -2.27. The van der Waals surface area contributed by atoms with Crippen LogP contribution in [0.3, 0.4) is 0 Å². The fourth-order valence-electron chi connectivity index (χ4n) is 2.45. The number of rotatable bonds is 5. The van der Waals surface area contributed by atoms with Crippen molar-refractivity contribution >= 4 is 21.6 Å². The SMILES string of the molecule is C=CCN(C1CCCC1)S(=O)(=O)c1cccnc1Cl. The number of aromatic nitrogens is 1. The molecule has 1 aliphatic carbocycles. The fourth-order valence-corrected chi connectivity index (χ4v) is 4.54. The molecule has 0 unspecified atom stereocenters. The van der Waals surface area contributed by atoms with Gasteiger partial charge in [-0.2, -0.15) is 4.31 Å². The molecule has 0 saturated heterocycles. The van der Waals surface area contributed by atoms with Crippen LogP contribution in [0.15, 0.2) is 35.9 Å². The van der Waals surface area contributed by atoms with E-state index in [1.165, 1.54) is 16.6 Å². The van der Waals surface area contributed by atoms with E-state index < -0.39 is 10.0 Å². The standard InChI is InChI=1S/C13H17ClN2O2S/c1-2-10-16(11-6-3-4-7-11)19(17,18)12-8-5-9-15-13(12)14/h2,5,8-9,11H,1,3-4,6-7,10H2. The molecule has 1 aliphatic rings. The highest BCUT2D eigenvalue weighted by atomic mass is 35.5. The van der Waals surface area contributed by atoms with Crippen molar-refractivity contribution in [1.82, 2.24) is 9.29 Å². The van der Waals surface area contributed by atoms with Crippen LogP contribution in [-0.4, -0.2) is 30.3 Å². The van der Waals surface area contributed by atoms with Crippen LogP contribution < -0.4 is 0 Å². The predicted octanol–water partition coefficient (Wildman–Crippen LogP) is 2.85. The molecule has 6 heteroatoms. The molecule has 0 bridgehead atoms. The van der Waals surface area contributed by atoms with E-state index in [0.717, 1.165) is 25.7 Å². The molecule has 0 aliphatic heterocycles. The van der Waals surface area contributed by atoms with E-state index in [0.29, 0.717) is 6.54 Å². The van der Waals surface area contributed by atoms with Crippen molar-refractivity contribution in [3.63, 3.8) is 0 Å². The second-order valence-electron chi connectivity index (χ2n) is 4.59. The topological polar surface area (TPSA) is 50.3 Å². The van der Waals surface area contributed by atoms with Crippen LogP contribution in [0.25, 0.3) is 0 Å². The summed E-state index contributed by atoms with van der Waals surface area (Å²) in [7, 11) is -3.61. The van der Waals surface area contributed by atoms with Gasteiger partial charge in [0.1, 0.15) is 10.0 Å². The van der Waals surface area contributed by atoms with Gasteiger partial charge in [-0.25, -0.2) is 13.4 Å². The minimum absolute atomic E-state index is 0.0227. The first-order valence-electron chi connectivity index (χ1n) is 6.30. The number of halogens is 1. The Labute approximate surface area is 119 Å². The van der Waals surface area contributed by atoms with Gasteiger partial charge in [0.25, 0.3) is 0 Å². The van der Waals surface area contributed by atoms with Crippen LogP contribution >= 0.6 is 11.6 Å². The van der Waals surface area contributed by atoms with Gasteiger partial charge in [-0.15, -0.1) is 6.58 Å². The lowest BCUT2D eigenvalue weighted by Crippen LogP contribution is -2.39. The quantitative estimate of drug-likeness (QED) is 0.620. The van der Waals surface area contributed by atoms with Gasteiger partial charge in [0.15, 0.2) is 0 Å².